The summed E-state index contributed by atoms with van der Waals surface area (Å²) in [6.45, 7) is 7.25. The van der Waals surface area contributed by atoms with Gasteiger partial charge in [0.2, 0.25) is 0 Å². The summed E-state index contributed by atoms with van der Waals surface area (Å²) >= 11 is 0. The van der Waals surface area contributed by atoms with Crippen molar-refractivity contribution >= 4 is 11.5 Å². The van der Waals surface area contributed by atoms with E-state index < -0.39 is 0 Å². The van der Waals surface area contributed by atoms with Crippen molar-refractivity contribution < 1.29 is 0 Å². The van der Waals surface area contributed by atoms with Crippen LogP contribution in [0, 0.1) is 19.3 Å². The molecular weight excluding hydrogens is 236 g/mol. The van der Waals surface area contributed by atoms with E-state index in [-0.39, 0.29) is 5.84 Å². The molecule has 0 aromatic carbocycles. The van der Waals surface area contributed by atoms with E-state index in [0.29, 0.717) is 6.04 Å². The number of nitrogens with one attached hydrogen (secondary N) is 1. The SMILES string of the molecule is Cc1cc(N2CCCCCC2C)c(C(=N)N)c(C)n1. The topological polar surface area (TPSA) is 66.0 Å². The first-order chi connectivity index (χ1) is 9.00. The van der Waals surface area contributed by atoms with Crippen LogP contribution in [-0.4, -0.2) is 23.4 Å². The van der Waals surface area contributed by atoms with Gasteiger partial charge in [0, 0.05) is 18.3 Å². The molecule has 19 heavy (non-hydrogen) atoms. The summed E-state index contributed by atoms with van der Waals surface area (Å²) in [6, 6.07) is 2.58. The summed E-state index contributed by atoms with van der Waals surface area (Å²) in [6.07, 6.45) is 5.00. The molecule has 1 saturated heterocycles. The predicted molar refractivity (Wildman–Crippen MR) is 80.0 cm³/mol. The fourth-order valence-corrected chi connectivity index (χ4v) is 3.00. The first-order valence-electron chi connectivity index (χ1n) is 7.10. The van der Waals surface area contributed by atoms with E-state index in [1.165, 1.54) is 25.7 Å². The summed E-state index contributed by atoms with van der Waals surface area (Å²) < 4.78 is 0. The molecule has 0 aliphatic carbocycles. The van der Waals surface area contributed by atoms with Gasteiger partial charge in [-0.05, 0) is 39.7 Å². The lowest BCUT2D eigenvalue weighted by molar-refractivity contribution is 0.615. The Bertz CT molecular complexity index is 481. The van der Waals surface area contributed by atoms with Gasteiger partial charge in [-0.2, -0.15) is 0 Å². The third-order valence-electron chi connectivity index (χ3n) is 3.94. The molecule has 2 rings (SSSR count). The van der Waals surface area contributed by atoms with Gasteiger partial charge in [-0.25, -0.2) is 0 Å². The van der Waals surface area contributed by atoms with Crippen LogP contribution in [0.15, 0.2) is 6.07 Å². The Hall–Kier alpha value is -1.58. The van der Waals surface area contributed by atoms with E-state index in [2.05, 4.69) is 22.9 Å². The van der Waals surface area contributed by atoms with Crippen molar-refractivity contribution in [3.05, 3.63) is 23.0 Å². The van der Waals surface area contributed by atoms with Gasteiger partial charge < -0.3 is 10.6 Å². The standard InChI is InChI=1S/C15H24N4/c1-10-9-13(14(15(16)17)12(3)18-10)19-8-6-4-5-7-11(19)2/h9,11H,4-8H2,1-3H3,(H3,16,17). The van der Waals surface area contributed by atoms with Crippen LogP contribution in [-0.2, 0) is 0 Å². The lowest BCUT2D eigenvalue weighted by Gasteiger charge is -2.31. The third-order valence-corrected chi connectivity index (χ3v) is 3.94. The molecule has 0 radical (unpaired) electrons. The first kappa shape index (κ1) is 13.8. The molecule has 4 heteroatoms. The van der Waals surface area contributed by atoms with Gasteiger partial charge in [0.25, 0.3) is 0 Å². The third kappa shape index (κ3) is 2.88. The second kappa shape index (κ2) is 5.59. The van der Waals surface area contributed by atoms with E-state index in [1.807, 2.05) is 13.8 Å². The van der Waals surface area contributed by atoms with Gasteiger partial charge in [0.15, 0.2) is 0 Å². The molecule has 1 fully saturated rings. The number of aromatic nitrogens is 1. The number of nitrogens with zero attached hydrogens (tertiary/aromatic N) is 2. The molecule has 0 spiro atoms. The lowest BCUT2D eigenvalue weighted by atomic mass is 10.1. The number of nitrogens with two attached hydrogens (primary N) is 1. The Labute approximate surface area is 115 Å². The van der Waals surface area contributed by atoms with E-state index in [9.17, 15) is 0 Å². The maximum Gasteiger partial charge on any atom is 0.126 e. The highest BCUT2D eigenvalue weighted by Gasteiger charge is 2.22. The maximum atomic E-state index is 7.84. The Kier molecular flexibility index (Phi) is 4.08. The zero-order chi connectivity index (χ0) is 14.0. The Morgan fingerprint density at radius 3 is 2.79 bits per heavy atom. The zero-order valence-electron chi connectivity index (χ0n) is 12.2. The van der Waals surface area contributed by atoms with Crippen LogP contribution in [0.2, 0.25) is 0 Å². The fourth-order valence-electron chi connectivity index (χ4n) is 3.00. The summed E-state index contributed by atoms with van der Waals surface area (Å²) in [5.41, 5.74) is 9.52. The van der Waals surface area contributed by atoms with Gasteiger partial charge >= 0.3 is 0 Å². The average Bonchev–Trinajstić information content (AvgIpc) is 2.52. The number of anilines is 1. The first-order valence-corrected chi connectivity index (χ1v) is 7.10. The van der Waals surface area contributed by atoms with Crippen molar-refractivity contribution in [2.75, 3.05) is 11.4 Å². The fraction of sp³-hybridized carbons (Fsp3) is 0.600. The molecule has 1 aliphatic rings. The van der Waals surface area contributed by atoms with Gasteiger partial charge in [-0.3, -0.25) is 10.4 Å². The van der Waals surface area contributed by atoms with Crippen LogP contribution in [0.4, 0.5) is 5.69 Å². The molecule has 3 N–H and O–H groups in total. The minimum Gasteiger partial charge on any atom is -0.384 e. The van der Waals surface area contributed by atoms with Crippen LogP contribution >= 0.6 is 0 Å². The number of rotatable bonds is 2. The molecule has 2 heterocycles. The van der Waals surface area contributed by atoms with Crippen molar-refractivity contribution in [3.63, 3.8) is 0 Å². The van der Waals surface area contributed by atoms with Crippen molar-refractivity contribution in [1.82, 2.24) is 4.98 Å². The van der Waals surface area contributed by atoms with Crippen molar-refractivity contribution in [1.29, 1.82) is 5.41 Å². The Balaban J connectivity index is 2.49. The summed E-state index contributed by atoms with van der Waals surface area (Å²) in [7, 11) is 0. The molecule has 1 aliphatic heterocycles. The molecule has 4 nitrogen and oxygen atoms in total. The molecule has 1 aromatic heterocycles. The second-order valence-corrected chi connectivity index (χ2v) is 5.55. The highest BCUT2D eigenvalue weighted by atomic mass is 15.2. The molecule has 0 saturated carbocycles. The zero-order valence-corrected chi connectivity index (χ0v) is 12.2. The van der Waals surface area contributed by atoms with Crippen LogP contribution in [0.25, 0.3) is 0 Å². The quantitative estimate of drug-likeness (QED) is 0.634. The number of nitrogen functional groups attached to an aromatic ring is 1. The number of hydrogen-bond donors (Lipinski definition) is 2. The van der Waals surface area contributed by atoms with Gasteiger partial charge in [0.1, 0.15) is 5.84 Å². The summed E-state index contributed by atoms with van der Waals surface area (Å²) in [5, 5.41) is 7.84. The minimum atomic E-state index is 0.122. The van der Waals surface area contributed by atoms with Crippen molar-refractivity contribution in [3.8, 4) is 0 Å². The summed E-state index contributed by atoms with van der Waals surface area (Å²) in [4.78, 5) is 6.86. The number of aryl methyl sites for hydroxylation is 2. The molecular formula is C15H24N4. The van der Waals surface area contributed by atoms with E-state index >= 15 is 0 Å². The monoisotopic (exact) mass is 260 g/mol. The number of pyridine rings is 1. The molecule has 1 aromatic rings. The molecule has 1 atom stereocenters. The van der Waals surface area contributed by atoms with Crippen molar-refractivity contribution in [2.45, 2.75) is 52.5 Å². The molecule has 1 unspecified atom stereocenters. The van der Waals surface area contributed by atoms with Gasteiger partial charge in [-0.15, -0.1) is 0 Å². The minimum absolute atomic E-state index is 0.122. The highest BCUT2D eigenvalue weighted by molar-refractivity contribution is 6.01. The Morgan fingerprint density at radius 2 is 2.11 bits per heavy atom. The second-order valence-electron chi connectivity index (χ2n) is 5.55. The summed E-state index contributed by atoms with van der Waals surface area (Å²) in [5.74, 6) is 0.122. The van der Waals surface area contributed by atoms with E-state index in [0.717, 1.165) is 29.2 Å². The van der Waals surface area contributed by atoms with E-state index in [1.54, 1.807) is 0 Å². The van der Waals surface area contributed by atoms with Gasteiger partial charge in [-0.1, -0.05) is 12.8 Å². The highest BCUT2D eigenvalue weighted by Crippen LogP contribution is 2.29. The Morgan fingerprint density at radius 1 is 1.37 bits per heavy atom. The van der Waals surface area contributed by atoms with Crippen molar-refractivity contribution in [2.24, 2.45) is 5.73 Å². The normalized spacial score (nSPS) is 20.2. The number of amidine groups is 1. The van der Waals surface area contributed by atoms with Crippen LogP contribution in [0.3, 0.4) is 0 Å². The predicted octanol–water partition coefficient (Wildman–Crippen LogP) is 2.75. The van der Waals surface area contributed by atoms with Crippen LogP contribution in [0.5, 0.6) is 0 Å². The number of hydrogen-bond acceptors (Lipinski definition) is 3. The molecule has 0 bridgehead atoms. The largest absolute Gasteiger partial charge is 0.384 e. The maximum absolute atomic E-state index is 7.84. The lowest BCUT2D eigenvalue weighted by Crippen LogP contribution is -2.35. The van der Waals surface area contributed by atoms with Crippen LogP contribution in [0.1, 0.15) is 49.6 Å². The molecule has 104 valence electrons. The van der Waals surface area contributed by atoms with E-state index in [4.69, 9.17) is 11.1 Å². The van der Waals surface area contributed by atoms with Crippen LogP contribution < -0.4 is 10.6 Å². The van der Waals surface area contributed by atoms with Gasteiger partial charge in [0.05, 0.1) is 16.9 Å². The average molecular weight is 260 g/mol. The smallest absolute Gasteiger partial charge is 0.126 e. The molecule has 0 amide bonds.